The van der Waals surface area contributed by atoms with Gasteiger partial charge < -0.3 is 20.5 Å². The second kappa shape index (κ2) is 8.61. The highest BCUT2D eigenvalue weighted by molar-refractivity contribution is 5.81. The van der Waals surface area contributed by atoms with Crippen molar-refractivity contribution in [1.82, 2.24) is 10.6 Å². The number of carbonyl (C=O) groups is 2. The summed E-state index contributed by atoms with van der Waals surface area (Å²) in [7, 11) is 0. The summed E-state index contributed by atoms with van der Waals surface area (Å²) in [6.45, 7) is 4.36. The lowest BCUT2D eigenvalue weighted by Crippen LogP contribution is -2.51. The molecule has 20 heavy (non-hydrogen) atoms. The van der Waals surface area contributed by atoms with Crippen molar-refractivity contribution in [3.63, 3.8) is 0 Å². The Morgan fingerprint density at radius 3 is 2.65 bits per heavy atom. The number of urea groups is 1. The van der Waals surface area contributed by atoms with Crippen molar-refractivity contribution in [1.29, 1.82) is 0 Å². The zero-order valence-electron chi connectivity index (χ0n) is 12.4. The number of allylic oxidation sites excluding steroid dienone is 1. The van der Waals surface area contributed by atoms with E-state index in [9.17, 15) is 14.7 Å². The van der Waals surface area contributed by atoms with Crippen molar-refractivity contribution in [2.45, 2.75) is 58.4 Å². The minimum absolute atomic E-state index is 0.186. The molecule has 0 aromatic heterocycles. The first-order valence-corrected chi connectivity index (χ1v) is 7.42. The molecule has 0 saturated heterocycles. The molecule has 5 nitrogen and oxygen atoms in total. The highest BCUT2D eigenvalue weighted by Gasteiger charge is 2.14. The van der Waals surface area contributed by atoms with Crippen molar-refractivity contribution in [2.75, 3.05) is 6.54 Å². The lowest BCUT2D eigenvalue weighted by atomic mass is 9.97. The van der Waals surface area contributed by atoms with Gasteiger partial charge in [-0.05, 0) is 44.4 Å². The minimum Gasteiger partial charge on any atom is -0.548 e. The van der Waals surface area contributed by atoms with Crippen molar-refractivity contribution in [3.8, 4) is 0 Å². The summed E-state index contributed by atoms with van der Waals surface area (Å²) >= 11 is 0. The van der Waals surface area contributed by atoms with E-state index in [-0.39, 0.29) is 5.92 Å². The number of carboxylic acids is 1. The zero-order chi connectivity index (χ0) is 15.0. The van der Waals surface area contributed by atoms with E-state index < -0.39 is 18.0 Å². The molecule has 0 fully saturated rings. The molecule has 0 aromatic carbocycles. The third kappa shape index (κ3) is 6.59. The fraction of sp³-hybridized carbons (Fsp3) is 0.733. The molecule has 0 spiro atoms. The Balaban J connectivity index is 2.27. The average Bonchev–Trinajstić information content (AvgIpc) is 2.38. The van der Waals surface area contributed by atoms with Crippen LogP contribution >= 0.6 is 0 Å². The van der Waals surface area contributed by atoms with Crippen molar-refractivity contribution in [3.05, 3.63) is 11.6 Å². The topological polar surface area (TPSA) is 81.3 Å². The number of aliphatic carboxylic acids is 1. The van der Waals surface area contributed by atoms with E-state index in [0.29, 0.717) is 13.0 Å². The summed E-state index contributed by atoms with van der Waals surface area (Å²) in [6, 6.07) is -1.36. The SMILES string of the molecule is CC(C)C[C@H](NC(=O)NCCC1=CCCCC1)C(=O)[O-]. The second-order valence-electron chi connectivity index (χ2n) is 5.76. The van der Waals surface area contributed by atoms with Gasteiger partial charge in [0.05, 0.1) is 12.0 Å². The lowest BCUT2D eigenvalue weighted by Gasteiger charge is -2.22. The molecule has 0 heterocycles. The predicted molar refractivity (Wildman–Crippen MR) is 76.0 cm³/mol. The molecule has 114 valence electrons. The van der Waals surface area contributed by atoms with Crippen LogP contribution in [0, 0.1) is 5.92 Å². The molecule has 5 heteroatoms. The number of hydrogen-bond acceptors (Lipinski definition) is 3. The molecule has 2 amide bonds. The van der Waals surface area contributed by atoms with Crippen LogP contribution in [0.3, 0.4) is 0 Å². The third-order valence-corrected chi connectivity index (χ3v) is 3.41. The maximum absolute atomic E-state index is 11.6. The van der Waals surface area contributed by atoms with E-state index in [1.54, 1.807) is 0 Å². The van der Waals surface area contributed by atoms with Crippen molar-refractivity contribution < 1.29 is 14.7 Å². The van der Waals surface area contributed by atoms with Gasteiger partial charge in [0.25, 0.3) is 0 Å². The van der Waals surface area contributed by atoms with Crippen LogP contribution < -0.4 is 15.7 Å². The summed E-state index contributed by atoms with van der Waals surface area (Å²) in [6.07, 6.45) is 8.17. The number of rotatable bonds is 7. The average molecular weight is 281 g/mol. The fourth-order valence-corrected chi connectivity index (χ4v) is 2.36. The Bertz CT molecular complexity index is 364. The van der Waals surface area contributed by atoms with Gasteiger partial charge in [0.1, 0.15) is 0 Å². The van der Waals surface area contributed by atoms with Gasteiger partial charge in [-0.2, -0.15) is 0 Å². The van der Waals surface area contributed by atoms with Gasteiger partial charge in [-0.1, -0.05) is 25.5 Å². The molecule has 0 saturated carbocycles. The van der Waals surface area contributed by atoms with E-state index >= 15 is 0 Å². The van der Waals surface area contributed by atoms with Gasteiger partial charge in [0, 0.05) is 6.54 Å². The van der Waals surface area contributed by atoms with E-state index in [4.69, 9.17) is 0 Å². The van der Waals surface area contributed by atoms with Gasteiger partial charge in [-0.3, -0.25) is 0 Å². The normalized spacial score (nSPS) is 16.4. The van der Waals surface area contributed by atoms with Crippen LogP contribution in [-0.4, -0.2) is 24.6 Å². The first kappa shape index (κ1) is 16.5. The van der Waals surface area contributed by atoms with Crippen molar-refractivity contribution in [2.24, 2.45) is 5.92 Å². The largest absolute Gasteiger partial charge is 0.548 e. The van der Waals surface area contributed by atoms with E-state index in [2.05, 4.69) is 16.7 Å². The molecule has 1 rings (SSSR count). The molecular formula is C15H25N2O3-. The van der Waals surface area contributed by atoms with Crippen LogP contribution in [0.5, 0.6) is 0 Å². The minimum atomic E-state index is -1.23. The van der Waals surface area contributed by atoms with Crippen LogP contribution in [0.15, 0.2) is 11.6 Å². The lowest BCUT2D eigenvalue weighted by molar-refractivity contribution is -0.308. The highest BCUT2D eigenvalue weighted by atomic mass is 16.4. The third-order valence-electron chi connectivity index (χ3n) is 3.41. The number of hydrogen-bond donors (Lipinski definition) is 2. The molecule has 2 N–H and O–H groups in total. The summed E-state index contributed by atoms with van der Waals surface area (Å²) in [5, 5.41) is 16.1. The number of carboxylic acid groups (broad SMARTS) is 1. The van der Waals surface area contributed by atoms with E-state index in [1.165, 1.54) is 18.4 Å². The first-order valence-electron chi connectivity index (χ1n) is 7.42. The first-order chi connectivity index (χ1) is 9.49. The zero-order valence-corrected chi connectivity index (χ0v) is 12.4. The molecule has 0 bridgehead atoms. The summed E-state index contributed by atoms with van der Waals surface area (Å²) in [5.74, 6) is -1.05. The van der Waals surface area contributed by atoms with Gasteiger partial charge in [-0.25, -0.2) is 4.79 Å². The fourth-order valence-electron chi connectivity index (χ4n) is 2.36. The van der Waals surface area contributed by atoms with Gasteiger partial charge in [0.2, 0.25) is 0 Å². The highest BCUT2D eigenvalue weighted by Crippen LogP contribution is 2.19. The Labute approximate surface area is 120 Å². The molecule has 0 aliphatic heterocycles. The number of carbonyl (C=O) groups excluding carboxylic acids is 2. The molecule has 1 aliphatic rings. The Morgan fingerprint density at radius 1 is 1.35 bits per heavy atom. The Morgan fingerprint density at radius 2 is 2.10 bits per heavy atom. The van der Waals surface area contributed by atoms with Gasteiger partial charge in [0.15, 0.2) is 0 Å². The molecule has 1 atom stereocenters. The van der Waals surface area contributed by atoms with Crippen LogP contribution in [0.2, 0.25) is 0 Å². The molecule has 0 unspecified atom stereocenters. The predicted octanol–water partition coefficient (Wildman–Crippen LogP) is 1.34. The standard InChI is InChI=1S/C15H26N2O3/c1-11(2)10-13(14(18)19)17-15(20)16-9-8-12-6-4-3-5-7-12/h6,11,13H,3-5,7-10H2,1-2H3,(H,18,19)(H2,16,17,20)/p-1/t13-/m0/s1. The summed E-state index contributed by atoms with van der Waals surface area (Å²) in [5.41, 5.74) is 1.38. The van der Waals surface area contributed by atoms with Gasteiger partial charge in [-0.15, -0.1) is 0 Å². The van der Waals surface area contributed by atoms with Crippen LogP contribution in [0.25, 0.3) is 0 Å². The maximum Gasteiger partial charge on any atom is 0.315 e. The summed E-state index contributed by atoms with van der Waals surface area (Å²) < 4.78 is 0. The smallest absolute Gasteiger partial charge is 0.315 e. The molecule has 1 aliphatic carbocycles. The quantitative estimate of drug-likeness (QED) is 0.691. The monoisotopic (exact) mass is 281 g/mol. The summed E-state index contributed by atoms with van der Waals surface area (Å²) in [4.78, 5) is 22.6. The number of amides is 2. The van der Waals surface area contributed by atoms with Crippen molar-refractivity contribution >= 4 is 12.0 Å². The molecule has 0 radical (unpaired) electrons. The van der Waals surface area contributed by atoms with Crippen LogP contribution in [0.1, 0.15) is 52.4 Å². The Hall–Kier alpha value is -1.52. The molecular weight excluding hydrogens is 256 g/mol. The maximum atomic E-state index is 11.6. The van der Waals surface area contributed by atoms with Crippen LogP contribution in [0.4, 0.5) is 4.79 Å². The number of nitrogens with one attached hydrogen (secondary N) is 2. The molecule has 0 aromatic rings. The van der Waals surface area contributed by atoms with Crippen LogP contribution in [-0.2, 0) is 4.79 Å². The van der Waals surface area contributed by atoms with Gasteiger partial charge >= 0.3 is 6.03 Å². The van der Waals surface area contributed by atoms with E-state index in [0.717, 1.165) is 19.3 Å². The van der Waals surface area contributed by atoms with E-state index in [1.807, 2.05) is 13.8 Å². The second-order valence-corrected chi connectivity index (χ2v) is 5.76. The Kier molecular flexibility index (Phi) is 7.12.